The van der Waals surface area contributed by atoms with E-state index in [2.05, 4.69) is 9.80 Å². The van der Waals surface area contributed by atoms with E-state index in [4.69, 9.17) is 0 Å². The van der Waals surface area contributed by atoms with Crippen molar-refractivity contribution >= 4 is 11.8 Å². The van der Waals surface area contributed by atoms with Gasteiger partial charge in [0, 0.05) is 58.2 Å². The predicted octanol–water partition coefficient (Wildman–Crippen LogP) is 2.26. The Morgan fingerprint density at radius 2 is 1.93 bits per heavy atom. The number of hydrogen-bond donors (Lipinski definition) is 0. The number of halogens is 1. The highest BCUT2D eigenvalue weighted by Gasteiger charge is 2.37. The second-order valence-electron chi connectivity index (χ2n) is 8.20. The zero-order chi connectivity index (χ0) is 18.8. The minimum Gasteiger partial charge on any atom is -0.342 e. The normalized spacial score (nSPS) is 25.9. The van der Waals surface area contributed by atoms with Gasteiger partial charge in [-0.05, 0) is 42.9 Å². The molecule has 5 rings (SSSR count). The highest BCUT2D eigenvalue weighted by Crippen LogP contribution is 2.29. The second-order valence-corrected chi connectivity index (χ2v) is 8.20. The van der Waals surface area contributed by atoms with Crippen molar-refractivity contribution in [2.75, 3.05) is 32.7 Å². The molecule has 146 valence electrons. The third-order valence-electron chi connectivity index (χ3n) is 6.20. The molecule has 0 spiro atoms. The van der Waals surface area contributed by atoms with Crippen LogP contribution in [0.2, 0.25) is 0 Å². The number of likely N-dealkylation sites (tertiary alicyclic amines) is 1. The number of fused-ring (bicyclic) bond motifs is 4. The van der Waals surface area contributed by atoms with Crippen LogP contribution < -0.4 is 0 Å². The molecule has 2 bridgehead atoms. The van der Waals surface area contributed by atoms with E-state index >= 15 is 0 Å². The van der Waals surface area contributed by atoms with Crippen molar-refractivity contribution in [2.24, 2.45) is 5.92 Å². The molecular formula is C21H28FN3O2. The monoisotopic (exact) mass is 373 g/mol. The number of nitrogens with zero attached hydrogens (tertiary/aromatic N) is 3. The molecule has 4 saturated heterocycles. The minimum atomic E-state index is -0.206. The van der Waals surface area contributed by atoms with Crippen molar-refractivity contribution in [3.63, 3.8) is 0 Å². The van der Waals surface area contributed by atoms with Crippen molar-refractivity contribution in [1.82, 2.24) is 14.7 Å². The molecular weight excluding hydrogens is 345 g/mol. The molecule has 0 unspecified atom stereocenters. The van der Waals surface area contributed by atoms with Gasteiger partial charge in [0.05, 0.1) is 0 Å². The molecule has 1 aromatic rings. The summed E-state index contributed by atoms with van der Waals surface area (Å²) in [6, 6.07) is 6.97. The maximum atomic E-state index is 13.1. The average Bonchev–Trinajstić information content (AvgIpc) is 2.87. The molecule has 0 aliphatic carbocycles. The molecule has 4 aliphatic heterocycles. The molecule has 0 N–H and O–H groups in total. The first-order valence-corrected chi connectivity index (χ1v) is 10.1. The molecule has 4 heterocycles. The number of carbonyl (C=O) groups is 2. The molecule has 5 nitrogen and oxygen atoms in total. The van der Waals surface area contributed by atoms with Crippen LogP contribution in [0.15, 0.2) is 24.3 Å². The number of hydrogen-bond acceptors (Lipinski definition) is 3. The highest BCUT2D eigenvalue weighted by molar-refractivity contribution is 5.80. The molecule has 2 amide bonds. The topological polar surface area (TPSA) is 43.9 Å². The van der Waals surface area contributed by atoms with Gasteiger partial charge in [0.2, 0.25) is 11.8 Å². The van der Waals surface area contributed by atoms with Crippen LogP contribution in [0.5, 0.6) is 0 Å². The summed E-state index contributed by atoms with van der Waals surface area (Å²) in [7, 11) is 0. The van der Waals surface area contributed by atoms with Crippen molar-refractivity contribution in [1.29, 1.82) is 0 Å². The molecule has 1 aromatic carbocycles. The molecule has 4 fully saturated rings. The van der Waals surface area contributed by atoms with Gasteiger partial charge in [0.1, 0.15) is 5.82 Å². The fraction of sp³-hybridized carbons (Fsp3) is 0.619. The van der Waals surface area contributed by atoms with Crippen LogP contribution in [0, 0.1) is 11.7 Å². The van der Waals surface area contributed by atoms with Crippen molar-refractivity contribution < 1.29 is 14.0 Å². The maximum Gasteiger partial charge on any atom is 0.224 e. The number of amides is 2. The lowest BCUT2D eigenvalue weighted by Gasteiger charge is -2.36. The Morgan fingerprint density at radius 3 is 2.67 bits per heavy atom. The number of rotatable bonds is 5. The van der Waals surface area contributed by atoms with Gasteiger partial charge in [-0.15, -0.1) is 0 Å². The van der Waals surface area contributed by atoms with E-state index < -0.39 is 0 Å². The Labute approximate surface area is 160 Å². The van der Waals surface area contributed by atoms with Crippen molar-refractivity contribution in [3.05, 3.63) is 35.6 Å². The molecule has 6 heteroatoms. The van der Waals surface area contributed by atoms with Gasteiger partial charge in [0.25, 0.3) is 0 Å². The zero-order valence-corrected chi connectivity index (χ0v) is 15.8. The number of carbonyl (C=O) groups excluding carboxylic acids is 2. The molecule has 2 atom stereocenters. The van der Waals surface area contributed by atoms with E-state index in [0.29, 0.717) is 25.3 Å². The van der Waals surface area contributed by atoms with Crippen molar-refractivity contribution in [2.45, 2.75) is 44.7 Å². The van der Waals surface area contributed by atoms with Gasteiger partial charge >= 0.3 is 0 Å². The predicted molar refractivity (Wildman–Crippen MR) is 100 cm³/mol. The molecule has 0 radical (unpaired) electrons. The van der Waals surface area contributed by atoms with Crippen LogP contribution in [0.25, 0.3) is 0 Å². The summed E-state index contributed by atoms with van der Waals surface area (Å²) in [5.74, 6) is 0.670. The van der Waals surface area contributed by atoms with E-state index in [1.165, 1.54) is 18.6 Å². The minimum absolute atomic E-state index is 0.186. The zero-order valence-electron chi connectivity index (χ0n) is 15.8. The summed E-state index contributed by atoms with van der Waals surface area (Å²) in [4.78, 5) is 30.9. The standard InChI is InChI=1S/C21H28FN3O2/c22-18-6-3-16(4-7-18)12-23-13-17-5-8-19(15-23)25(14-17)21(27)9-11-24-10-1-2-20(24)26/h3-4,6-7,17,19H,1-2,5,8-15H2/t17-,19+/m0/s1. The lowest BCUT2D eigenvalue weighted by Crippen LogP contribution is -2.48. The van der Waals surface area contributed by atoms with Crippen LogP contribution in [-0.2, 0) is 16.1 Å². The van der Waals surface area contributed by atoms with Gasteiger partial charge in [-0.2, -0.15) is 0 Å². The summed E-state index contributed by atoms with van der Waals surface area (Å²) < 4.78 is 13.1. The summed E-state index contributed by atoms with van der Waals surface area (Å²) in [6.07, 6.45) is 4.20. The molecule has 0 saturated carbocycles. The molecule has 4 aliphatic rings. The third-order valence-corrected chi connectivity index (χ3v) is 6.20. The average molecular weight is 373 g/mol. The Kier molecular flexibility index (Phi) is 5.43. The number of piperidine rings is 1. The first-order chi connectivity index (χ1) is 13.1. The van der Waals surface area contributed by atoms with Gasteiger partial charge < -0.3 is 9.80 Å². The van der Waals surface area contributed by atoms with Crippen molar-refractivity contribution in [3.8, 4) is 0 Å². The van der Waals surface area contributed by atoms with Gasteiger partial charge in [0.15, 0.2) is 0 Å². The van der Waals surface area contributed by atoms with E-state index in [9.17, 15) is 14.0 Å². The van der Waals surface area contributed by atoms with E-state index in [0.717, 1.165) is 51.1 Å². The first-order valence-electron chi connectivity index (χ1n) is 10.1. The SMILES string of the molecule is O=C1CCCN1CCC(=O)N1C[C@H]2CC[C@@H]1CN(Cc1ccc(F)cc1)C2. The van der Waals surface area contributed by atoms with E-state index in [1.54, 1.807) is 0 Å². The van der Waals surface area contributed by atoms with Crippen LogP contribution >= 0.6 is 0 Å². The smallest absolute Gasteiger partial charge is 0.224 e. The third kappa shape index (κ3) is 4.32. The van der Waals surface area contributed by atoms with E-state index in [-0.39, 0.29) is 23.7 Å². The van der Waals surface area contributed by atoms with Crippen LogP contribution in [-0.4, -0.2) is 65.3 Å². The largest absolute Gasteiger partial charge is 0.342 e. The Balaban J connectivity index is 1.35. The van der Waals surface area contributed by atoms with Crippen LogP contribution in [0.1, 0.15) is 37.7 Å². The molecule has 27 heavy (non-hydrogen) atoms. The quantitative estimate of drug-likeness (QED) is 0.795. The van der Waals surface area contributed by atoms with Gasteiger partial charge in [-0.3, -0.25) is 14.5 Å². The summed E-state index contributed by atoms with van der Waals surface area (Å²) >= 11 is 0. The Hall–Kier alpha value is -1.95. The van der Waals surface area contributed by atoms with Gasteiger partial charge in [-0.1, -0.05) is 12.1 Å². The summed E-state index contributed by atoms with van der Waals surface area (Å²) in [5, 5.41) is 0. The first kappa shape index (κ1) is 18.4. The van der Waals surface area contributed by atoms with E-state index in [1.807, 2.05) is 17.0 Å². The summed E-state index contributed by atoms with van der Waals surface area (Å²) in [5.41, 5.74) is 1.11. The summed E-state index contributed by atoms with van der Waals surface area (Å²) in [6.45, 7) is 4.86. The Bertz CT molecular complexity index is 693. The second kappa shape index (κ2) is 7.97. The van der Waals surface area contributed by atoms with Gasteiger partial charge in [-0.25, -0.2) is 4.39 Å². The lowest BCUT2D eigenvalue weighted by atomic mass is 9.94. The van der Waals surface area contributed by atoms with Crippen LogP contribution in [0.4, 0.5) is 4.39 Å². The van der Waals surface area contributed by atoms with Crippen LogP contribution in [0.3, 0.4) is 0 Å². The molecule has 0 aromatic heterocycles. The fourth-order valence-electron chi connectivity index (χ4n) is 4.78. The number of benzene rings is 1. The Morgan fingerprint density at radius 1 is 1.11 bits per heavy atom. The lowest BCUT2D eigenvalue weighted by molar-refractivity contribution is -0.136. The fourth-order valence-corrected chi connectivity index (χ4v) is 4.78. The highest BCUT2D eigenvalue weighted by atomic mass is 19.1. The maximum absolute atomic E-state index is 13.1.